The summed E-state index contributed by atoms with van der Waals surface area (Å²) in [5.41, 5.74) is -2.35. The molecular formula is C18H27N3O7. The van der Waals surface area contributed by atoms with Crippen molar-refractivity contribution in [2.45, 2.75) is 81.9 Å². The van der Waals surface area contributed by atoms with Crippen molar-refractivity contribution in [2.75, 3.05) is 6.61 Å². The SMILES string of the molecule is CC1(C)CC2(CC(C)(C)N1O)OC1C(O2)[C@@H](CO)O[C@H]1n1ccc(=O)[nH]c1=O. The van der Waals surface area contributed by atoms with Gasteiger partial charge in [0.15, 0.2) is 12.0 Å². The molecule has 4 heterocycles. The maximum absolute atomic E-state index is 12.3. The molecule has 0 bridgehead atoms. The number of nitrogens with zero attached hydrogens (tertiary/aromatic N) is 2. The molecule has 10 nitrogen and oxygen atoms in total. The number of H-pyrrole nitrogens is 1. The van der Waals surface area contributed by atoms with Crippen molar-refractivity contribution in [3.63, 3.8) is 0 Å². The zero-order chi connectivity index (χ0) is 20.5. The van der Waals surface area contributed by atoms with Gasteiger partial charge in [0, 0.05) is 36.2 Å². The van der Waals surface area contributed by atoms with Crippen LogP contribution in [0.1, 0.15) is 46.8 Å². The van der Waals surface area contributed by atoms with Crippen molar-refractivity contribution in [1.82, 2.24) is 14.6 Å². The Morgan fingerprint density at radius 2 is 1.75 bits per heavy atom. The highest BCUT2D eigenvalue weighted by atomic mass is 16.8. The zero-order valence-electron chi connectivity index (χ0n) is 16.4. The van der Waals surface area contributed by atoms with Crippen LogP contribution in [0.4, 0.5) is 0 Å². The third kappa shape index (κ3) is 2.95. The Kier molecular flexibility index (Phi) is 4.38. The molecule has 3 aliphatic heterocycles. The summed E-state index contributed by atoms with van der Waals surface area (Å²) < 4.78 is 19.8. The summed E-state index contributed by atoms with van der Waals surface area (Å²) in [7, 11) is 0. The van der Waals surface area contributed by atoms with Gasteiger partial charge in [-0.3, -0.25) is 14.3 Å². The van der Waals surface area contributed by atoms with Crippen molar-refractivity contribution < 1.29 is 24.5 Å². The van der Waals surface area contributed by atoms with Crippen molar-refractivity contribution in [1.29, 1.82) is 0 Å². The summed E-state index contributed by atoms with van der Waals surface area (Å²) in [6.45, 7) is 7.32. The Morgan fingerprint density at radius 3 is 2.32 bits per heavy atom. The van der Waals surface area contributed by atoms with Crippen LogP contribution in [-0.2, 0) is 14.2 Å². The number of fused-ring (bicyclic) bond motifs is 1. The Morgan fingerprint density at radius 1 is 1.14 bits per heavy atom. The van der Waals surface area contributed by atoms with E-state index in [1.165, 1.54) is 21.9 Å². The molecule has 0 aliphatic carbocycles. The van der Waals surface area contributed by atoms with Gasteiger partial charge in [0.25, 0.3) is 5.56 Å². The van der Waals surface area contributed by atoms with E-state index in [0.717, 1.165) is 0 Å². The molecule has 0 aromatic carbocycles. The number of aromatic nitrogens is 2. The molecule has 1 aromatic heterocycles. The number of hydroxylamine groups is 2. The smallest absolute Gasteiger partial charge is 0.330 e. The monoisotopic (exact) mass is 397 g/mol. The molecule has 156 valence electrons. The van der Waals surface area contributed by atoms with Crippen molar-refractivity contribution in [3.8, 4) is 0 Å². The number of ether oxygens (including phenoxy) is 3. The Labute approximate surface area is 161 Å². The molecule has 3 aliphatic rings. The minimum Gasteiger partial charge on any atom is -0.394 e. The van der Waals surface area contributed by atoms with Gasteiger partial charge in [-0.1, -0.05) is 0 Å². The zero-order valence-corrected chi connectivity index (χ0v) is 16.4. The average Bonchev–Trinajstić information content (AvgIpc) is 3.07. The van der Waals surface area contributed by atoms with Gasteiger partial charge in [0.05, 0.1) is 6.61 Å². The number of hydrogen-bond donors (Lipinski definition) is 3. The first-order valence-corrected chi connectivity index (χ1v) is 9.41. The topological polar surface area (TPSA) is 126 Å². The molecule has 1 aromatic rings. The van der Waals surface area contributed by atoms with Crippen molar-refractivity contribution in [2.24, 2.45) is 0 Å². The van der Waals surface area contributed by atoms with Crippen LogP contribution < -0.4 is 11.2 Å². The molecule has 0 amide bonds. The fourth-order valence-electron chi connectivity index (χ4n) is 5.01. The average molecular weight is 397 g/mol. The lowest BCUT2D eigenvalue weighted by atomic mass is 9.78. The van der Waals surface area contributed by atoms with Crippen molar-refractivity contribution in [3.05, 3.63) is 33.1 Å². The van der Waals surface area contributed by atoms with Gasteiger partial charge >= 0.3 is 5.69 Å². The summed E-state index contributed by atoms with van der Waals surface area (Å²) in [5.74, 6) is -0.983. The Bertz CT molecular complexity index is 858. The van der Waals surface area contributed by atoms with Gasteiger partial charge in [-0.15, -0.1) is 0 Å². The number of rotatable bonds is 2. The molecule has 28 heavy (non-hydrogen) atoms. The van der Waals surface area contributed by atoms with E-state index < -0.39 is 52.7 Å². The molecule has 3 fully saturated rings. The lowest BCUT2D eigenvalue weighted by Crippen LogP contribution is -2.64. The van der Waals surface area contributed by atoms with E-state index in [0.29, 0.717) is 12.8 Å². The van der Waals surface area contributed by atoms with E-state index in [4.69, 9.17) is 14.2 Å². The van der Waals surface area contributed by atoms with Crippen LogP contribution in [0, 0.1) is 0 Å². The molecule has 4 atom stereocenters. The quantitative estimate of drug-likeness (QED) is 0.634. The maximum Gasteiger partial charge on any atom is 0.330 e. The van der Waals surface area contributed by atoms with Crippen LogP contribution in [-0.4, -0.2) is 66.7 Å². The third-order valence-electron chi connectivity index (χ3n) is 5.84. The van der Waals surface area contributed by atoms with Gasteiger partial charge in [-0.05, 0) is 27.7 Å². The number of aliphatic hydroxyl groups excluding tert-OH is 1. The molecular weight excluding hydrogens is 370 g/mol. The standard InChI is InChI=1S/C18H27N3O7/c1-16(2)8-18(9-17(3,4)21(16)25)27-12-10(7-22)26-14(13(12)28-18)20-6-5-11(23)19-15(20)24/h5-6,10,12-14,22,25H,7-9H2,1-4H3,(H,19,23,24)/t10-,12?,13?,14-/m1/s1. The van der Waals surface area contributed by atoms with Gasteiger partial charge in [0.2, 0.25) is 0 Å². The number of aromatic amines is 1. The van der Waals surface area contributed by atoms with Crippen LogP contribution in [0.5, 0.6) is 0 Å². The highest BCUT2D eigenvalue weighted by Crippen LogP contribution is 2.52. The number of nitrogens with one attached hydrogen (secondary N) is 1. The second kappa shape index (κ2) is 6.22. The van der Waals surface area contributed by atoms with E-state index in [1.807, 2.05) is 27.7 Å². The molecule has 2 unspecified atom stereocenters. The van der Waals surface area contributed by atoms with Crippen LogP contribution >= 0.6 is 0 Å². The molecule has 4 rings (SSSR count). The van der Waals surface area contributed by atoms with E-state index >= 15 is 0 Å². The van der Waals surface area contributed by atoms with Crippen molar-refractivity contribution >= 4 is 0 Å². The Hall–Kier alpha value is -1.56. The first-order chi connectivity index (χ1) is 13.0. The first kappa shape index (κ1) is 19.7. The molecule has 1 spiro atoms. The lowest BCUT2D eigenvalue weighted by Gasteiger charge is -2.54. The van der Waals surface area contributed by atoms with Crippen LogP contribution in [0.2, 0.25) is 0 Å². The van der Waals surface area contributed by atoms with E-state index in [9.17, 15) is 19.9 Å². The summed E-state index contributed by atoms with van der Waals surface area (Å²) in [5, 5.41) is 21.7. The van der Waals surface area contributed by atoms with Crippen LogP contribution in [0.3, 0.4) is 0 Å². The van der Waals surface area contributed by atoms with Gasteiger partial charge < -0.3 is 24.5 Å². The van der Waals surface area contributed by atoms with E-state index in [1.54, 1.807) is 0 Å². The van der Waals surface area contributed by atoms with Gasteiger partial charge in [-0.25, -0.2) is 4.79 Å². The largest absolute Gasteiger partial charge is 0.394 e. The van der Waals surface area contributed by atoms with Gasteiger partial charge in [-0.2, -0.15) is 5.06 Å². The normalized spacial score (nSPS) is 35.9. The molecule has 3 saturated heterocycles. The summed E-state index contributed by atoms with van der Waals surface area (Å²) >= 11 is 0. The fraction of sp³-hybridized carbons (Fsp3) is 0.778. The maximum atomic E-state index is 12.3. The molecule has 10 heteroatoms. The predicted molar refractivity (Wildman–Crippen MR) is 95.8 cm³/mol. The summed E-state index contributed by atoms with van der Waals surface area (Å²) in [6, 6.07) is 1.23. The second-order valence-electron chi connectivity index (χ2n) is 9.13. The number of aliphatic hydroxyl groups is 1. The highest BCUT2D eigenvalue weighted by molar-refractivity contribution is 5.07. The highest BCUT2D eigenvalue weighted by Gasteiger charge is 2.64. The molecule has 0 saturated carbocycles. The van der Waals surface area contributed by atoms with E-state index in [2.05, 4.69) is 4.98 Å². The van der Waals surface area contributed by atoms with E-state index in [-0.39, 0.29) is 6.61 Å². The third-order valence-corrected chi connectivity index (χ3v) is 5.84. The number of hydrogen-bond acceptors (Lipinski definition) is 8. The fourth-order valence-corrected chi connectivity index (χ4v) is 5.01. The van der Waals surface area contributed by atoms with Crippen LogP contribution in [0.25, 0.3) is 0 Å². The summed E-state index contributed by atoms with van der Waals surface area (Å²) in [4.78, 5) is 25.8. The molecule has 3 N–H and O–H groups in total. The lowest BCUT2D eigenvalue weighted by molar-refractivity contribution is -0.329. The van der Waals surface area contributed by atoms with Gasteiger partial charge in [0.1, 0.15) is 18.3 Å². The molecule has 0 radical (unpaired) electrons. The minimum atomic E-state index is -0.983. The van der Waals surface area contributed by atoms with Crippen LogP contribution in [0.15, 0.2) is 21.9 Å². The number of piperidine rings is 1. The second-order valence-corrected chi connectivity index (χ2v) is 9.13. The predicted octanol–water partition coefficient (Wildman–Crippen LogP) is -0.0512. The summed E-state index contributed by atoms with van der Waals surface area (Å²) in [6.07, 6.45) is -0.586. The minimum absolute atomic E-state index is 0.297. The Balaban J connectivity index is 1.69. The first-order valence-electron chi connectivity index (χ1n) is 9.41.